The van der Waals surface area contributed by atoms with Crippen LogP contribution in [0.15, 0.2) is 24.8 Å². The van der Waals surface area contributed by atoms with Crippen LogP contribution in [0.3, 0.4) is 0 Å². The first-order valence-electron chi connectivity index (χ1n) is 7.86. The van der Waals surface area contributed by atoms with Gasteiger partial charge in [-0.2, -0.15) is 0 Å². The Bertz CT molecular complexity index is 545. The van der Waals surface area contributed by atoms with E-state index in [9.17, 15) is 20.4 Å². The van der Waals surface area contributed by atoms with Crippen molar-refractivity contribution < 1.29 is 30.3 Å². The molecule has 6 heteroatoms. The SMILES string of the molecule is C=CC(OCc1cc(C)c(C)cc1C)C(O)C(O)C(O)C(O)CO. The maximum absolute atomic E-state index is 10.1. The molecule has 136 valence electrons. The molecule has 6 nitrogen and oxygen atoms in total. The third kappa shape index (κ3) is 5.11. The Morgan fingerprint density at radius 3 is 2.08 bits per heavy atom. The summed E-state index contributed by atoms with van der Waals surface area (Å²) in [5, 5.41) is 47.9. The normalized spacial score (nSPS) is 17.8. The van der Waals surface area contributed by atoms with Crippen molar-refractivity contribution in [3.63, 3.8) is 0 Å². The van der Waals surface area contributed by atoms with E-state index in [-0.39, 0.29) is 6.61 Å². The van der Waals surface area contributed by atoms with Crippen LogP contribution in [-0.2, 0) is 11.3 Å². The largest absolute Gasteiger partial charge is 0.394 e. The van der Waals surface area contributed by atoms with Crippen LogP contribution in [0.2, 0.25) is 0 Å². The molecular formula is C18H28O6. The second kappa shape index (κ2) is 9.27. The minimum atomic E-state index is -1.69. The third-order valence-corrected chi connectivity index (χ3v) is 4.23. The molecule has 1 rings (SSSR count). The van der Waals surface area contributed by atoms with Gasteiger partial charge in [0.2, 0.25) is 0 Å². The van der Waals surface area contributed by atoms with Crippen molar-refractivity contribution in [2.75, 3.05) is 6.61 Å². The van der Waals surface area contributed by atoms with Gasteiger partial charge in [-0.1, -0.05) is 18.2 Å². The number of hydrogen-bond acceptors (Lipinski definition) is 6. The minimum Gasteiger partial charge on any atom is -0.394 e. The van der Waals surface area contributed by atoms with Crippen LogP contribution < -0.4 is 0 Å². The second-order valence-electron chi connectivity index (χ2n) is 6.10. The van der Waals surface area contributed by atoms with E-state index in [0.717, 1.165) is 16.7 Å². The molecule has 0 amide bonds. The number of rotatable bonds is 9. The number of aliphatic hydroxyl groups excluding tert-OH is 5. The Kier molecular flexibility index (Phi) is 8.02. The predicted octanol–water partition coefficient (Wildman–Crippen LogP) is 0.119. The molecule has 5 atom stereocenters. The highest BCUT2D eigenvalue weighted by molar-refractivity contribution is 5.36. The van der Waals surface area contributed by atoms with Gasteiger partial charge in [0, 0.05) is 0 Å². The molecule has 0 aliphatic carbocycles. The molecule has 0 heterocycles. The van der Waals surface area contributed by atoms with E-state index >= 15 is 0 Å². The highest BCUT2D eigenvalue weighted by Gasteiger charge is 2.34. The molecule has 5 unspecified atom stereocenters. The maximum atomic E-state index is 10.1. The Balaban J connectivity index is 2.77. The Morgan fingerprint density at radius 2 is 1.54 bits per heavy atom. The van der Waals surface area contributed by atoms with Crippen LogP contribution in [0.1, 0.15) is 22.3 Å². The molecule has 0 fully saturated rings. The van der Waals surface area contributed by atoms with Crippen molar-refractivity contribution >= 4 is 0 Å². The molecule has 1 aromatic carbocycles. The molecule has 0 saturated heterocycles. The molecular weight excluding hydrogens is 312 g/mol. The van der Waals surface area contributed by atoms with Crippen molar-refractivity contribution in [3.05, 3.63) is 47.0 Å². The van der Waals surface area contributed by atoms with E-state index in [2.05, 4.69) is 6.58 Å². The quantitative estimate of drug-likeness (QED) is 0.408. The number of ether oxygens (including phenoxy) is 1. The van der Waals surface area contributed by atoms with Crippen molar-refractivity contribution in [2.24, 2.45) is 0 Å². The van der Waals surface area contributed by atoms with Gasteiger partial charge in [0.05, 0.1) is 13.2 Å². The predicted molar refractivity (Wildman–Crippen MR) is 90.5 cm³/mol. The molecule has 0 aliphatic heterocycles. The molecule has 0 spiro atoms. The van der Waals surface area contributed by atoms with E-state index in [4.69, 9.17) is 9.84 Å². The van der Waals surface area contributed by atoms with Crippen LogP contribution in [0.5, 0.6) is 0 Å². The van der Waals surface area contributed by atoms with Crippen LogP contribution in [0, 0.1) is 20.8 Å². The molecule has 5 N–H and O–H groups in total. The lowest BCUT2D eigenvalue weighted by atomic mass is 9.99. The van der Waals surface area contributed by atoms with Crippen LogP contribution in [0.4, 0.5) is 0 Å². The van der Waals surface area contributed by atoms with Gasteiger partial charge in [-0.05, 0) is 43.0 Å². The standard InChI is InChI=1S/C18H28O6/c1-5-15(17(22)18(23)16(21)14(20)8-19)24-9-13-7-11(3)10(2)6-12(13)4/h5-7,14-23H,1,8-9H2,2-4H3. The monoisotopic (exact) mass is 340 g/mol. The third-order valence-electron chi connectivity index (χ3n) is 4.23. The zero-order valence-corrected chi connectivity index (χ0v) is 14.4. The summed E-state index contributed by atoms with van der Waals surface area (Å²) in [5.74, 6) is 0. The lowest BCUT2D eigenvalue weighted by Crippen LogP contribution is -2.50. The van der Waals surface area contributed by atoms with Crippen molar-refractivity contribution in [1.29, 1.82) is 0 Å². The van der Waals surface area contributed by atoms with Crippen LogP contribution in [-0.4, -0.2) is 62.7 Å². The average Bonchev–Trinajstić information content (AvgIpc) is 2.57. The first-order chi connectivity index (χ1) is 11.2. The number of aliphatic hydroxyl groups is 5. The fourth-order valence-electron chi connectivity index (χ4n) is 2.40. The van der Waals surface area contributed by atoms with Gasteiger partial charge in [-0.15, -0.1) is 6.58 Å². The Hall–Kier alpha value is -1.28. The van der Waals surface area contributed by atoms with Gasteiger partial charge in [-0.3, -0.25) is 0 Å². The van der Waals surface area contributed by atoms with Crippen molar-refractivity contribution in [3.8, 4) is 0 Å². The molecule has 0 saturated carbocycles. The van der Waals surface area contributed by atoms with Gasteiger partial charge >= 0.3 is 0 Å². The molecule has 24 heavy (non-hydrogen) atoms. The van der Waals surface area contributed by atoms with E-state index in [0.29, 0.717) is 0 Å². The summed E-state index contributed by atoms with van der Waals surface area (Å²) >= 11 is 0. The van der Waals surface area contributed by atoms with Gasteiger partial charge in [0.25, 0.3) is 0 Å². The van der Waals surface area contributed by atoms with Gasteiger partial charge in [0.1, 0.15) is 30.5 Å². The zero-order chi connectivity index (χ0) is 18.4. The number of benzene rings is 1. The van der Waals surface area contributed by atoms with Crippen molar-refractivity contribution in [2.45, 2.75) is 57.9 Å². The maximum Gasteiger partial charge on any atom is 0.112 e. The highest BCUT2D eigenvalue weighted by Crippen LogP contribution is 2.19. The summed E-state index contributed by atoms with van der Waals surface area (Å²) in [6.45, 7) is 9.01. The first-order valence-corrected chi connectivity index (χ1v) is 7.86. The molecule has 0 aliphatic rings. The molecule has 0 bridgehead atoms. The summed E-state index contributed by atoms with van der Waals surface area (Å²) in [6.07, 6.45) is -6.05. The Morgan fingerprint density at radius 1 is 0.958 bits per heavy atom. The summed E-state index contributed by atoms with van der Waals surface area (Å²) in [7, 11) is 0. The van der Waals surface area contributed by atoms with E-state index in [1.807, 2.05) is 32.9 Å². The van der Waals surface area contributed by atoms with Crippen LogP contribution in [0.25, 0.3) is 0 Å². The van der Waals surface area contributed by atoms with E-state index < -0.39 is 37.1 Å². The number of aryl methyl sites for hydroxylation is 3. The van der Waals surface area contributed by atoms with E-state index in [1.54, 1.807) is 0 Å². The van der Waals surface area contributed by atoms with Gasteiger partial charge < -0.3 is 30.3 Å². The molecule has 0 aromatic heterocycles. The lowest BCUT2D eigenvalue weighted by Gasteiger charge is -2.29. The first kappa shape index (κ1) is 20.8. The van der Waals surface area contributed by atoms with Gasteiger partial charge in [-0.25, -0.2) is 0 Å². The lowest BCUT2D eigenvalue weighted by molar-refractivity contribution is -0.143. The smallest absolute Gasteiger partial charge is 0.112 e. The van der Waals surface area contributed by atoms with Crippen LogP contribution >= 0.6 is 0 Å². The Labute approximate surface area is 142 Å². The average molecular weight is 340 g/mol. The minimum absolute atomic E-state index is 0.200. The molecule has 0 radical (unpaired) electrons. The second-order valence-corrected chi connectivity index (χ2v) is 6.10. The fourth-order valence-corrected chi connectivity index (χ4v) is 2.40. The zero-order valence-electron chi connectivity index (χ0n) is 14.4. The number of hydrogen-bond donors (Lipinski definition) is 5. The van der Waals surface area contributed by atoms with Crippen molar-refractivity contribution in [1.82, 2.24) is 0 Å². The summed E-state index contributed by atoms with van der Waals surface area (Å²) < 4.78 is 5.62. The summed E-state index contributed by atoms with van der Waals surface area (Å²) in [4.78, 5) is 0. The topological polar surface area (TPSA) is 110 Å². The van der Waals surface area contributed by atoms with E-state index in [1.165, 1.54) is 11.6 Å². The summed E-state index contributed by atoms with van der Waals surface area (Å²) in [5.41, 5.74) is 4.29. The van der Waals surface area contributed by atoms with Gasteiger partial charge in [0.15, 0.2) is 0 Å². The molecule has 1 aromatic rings. The summed E-state index contributed by atoms with van der Waals surface area (Å²) in [6, 6.07) is 4.04. The highest BCUT2D eigenvalue weighted by atomic mass is 16.5. The fraction of sp³-hybridized carbons (Fsp3) is 0.556.